The van der Waals surface area contributed by atoms with E-state index in [1.807, 2.05) is 27.7 Å². The molecule has 1 N–H and O–H groups in total. The Morgan fingerprint density at radius 3 is 2.62 bits per heavy atom. The third-order valence-corrected chi connectivity index (χ3v) is 2.21. The average Bonchev–Trinajstić information content (AvgIpc) is 2.15. The first kappa shape index (κ1) is 12.8. The van der Waals surface area contributed by atoms with Gasteiger partial charge in [-0.25, -0.2) is 4.79 Å². The summed E-state index contributed by atoms with van der Waals surface area (Å²) >= 11 is 0. The van der Waals surface area contributed by atoms with Gasteiger partial charge in [-0.15, -0.1) is 0 Å². The molecule has 1 atom stereocenters. The van der Waals surface area contributed by atoms with Crippen LogP contribution >= 0.6 is 0 Å². The van der Waals surface area contributed by atoms with E-state index in [0.717, 1.165) is 5.57 Å². The molecule has 1 aliphatic heterocycles. The van der Waals surface area contributed by atoms with Gasteiger partial charge in [-0.05, 0) is 33.3 Å². The van der Waals surface area contributed by atoms with Gasteiger partial charge in [0.05, 0.1) is 6.61 Å². The highest BCUT2D eigenvalue weighted by atomic mass is 16.6. The van der Waals surface area contributed by atoms with Crippen molar-refractivity contribution in [2.45, 2.75) is 33.3 Å². The van der Waals surface area contributed by atoms with Gasteiger partial charge in [0.2, 0.25) is 0 Å². The first-order valence-corrected chi connectivity index (χ1v) is 5.32. The Balaban J connectivity index is 2.68. The molecule has 0 fully saturated rings. The normalized spacial score (nSPS) is 20.7. The largest absolute Gasteiger partial charge is 0.443 e. The van der Waals surface area contributed by atoms with Crippen molar-refractivity contribution in [3.63, 3.8) is 0 Å². The minimum absolute atomic E-state index is 0.00122. The zero-order valence-electron chi connectivity index (χ0n) is 10.2. The molecule has 1 unspecified atom stereocenters. The van der Waals surface area contributed by atoms with Gasteiger partial charge in [0.1, 0.15) is 5.60 Å². The van der Waals surface area contributed by atoms with Crippen molar-refractivity contribution in [2.24, 2.45) is 5.92 Å². The van der Waals surface area contributed by atoms with Crippen LogP contribution in [0.4, 0.5) is 4.79 Å². The van der Waals surface area contributed by atoms with E-state index in [1.165, 1.54) is 4.90 Å². The average molecular weight is 225 g/mol. The molecule has 4 heteroatoms. The maximum Gasteiger partial charge on any atom is 0.418 e. The molecule has 1 rings (SSSR count). The molecule has 1 amide bonds. The number of ether oxygens (including phenoxy) is 1. The van der Waals surface area contributed by atoms with Gasteiger partial charge in [0.15, 0.2) is 0 Å². The monoisotopic (exact) mass is 225 g/mol. The standard InChI is InChI=1S/C12H19NO3/c1-9-7-13(6-5-10(9)8-14)11(15)16-12(2,3)4/h5-7,10,14H,8H2,1-4H3. The fraction of sp³-hybridized carbons (Fsp3) is 0.583. The summed E-state index contributed by atoms with van der Waals surface area (Å²) in [5, 5.41) is 9.05. The molecule has 0 aromatic rings. The van der Waals surface area contributed by atoms with Crippen LogP contribution in [0.25, 0.3) is 0 Å². The lowest BCUT2D eigenvalue weighted by Gasteiger charge is -2.26. The van der Waals surface area contributed by atoms with Gasteiger partial charge in [-0.3, -0.25) is 4.90 Å². The van der Waals surface area contributed by atoms with E-state index < -0.39 is 11.7 Å². The highest BCUT2D eigenvalue weighted by Crippen LogP contribution is 2.20. The van der Waals surface area contributed by atoms with E-state index >= 15 is 0 Å². The second-order valence-electron chi connectivity index (χ2n) is 4.89. The fourth-order valence-electron chi connectivity index (χ4n) is 1.34. The van der Waals surface area contributed by atoms with Crippen LogP contribution in [0.3, 0.4) is 0 Å². The second kappa shape index (κ2) is 4.70. The molecule has 0 aromatic carbocycles. The summed E-state index contributed by atoms with van der Waals surface area (Å²) in [6, 6.07) is 0. The molecule has 0 radical (unpaired) electrons. The van der Waals surface area contributed by atoms with Crippen LogP contribution in [0.15, 0.2) is 24.0 Å². The number of nitrogens with zero attached hydrogens (tertiary/aromatic N) is 1. The summed E-state index contributed by atoms with van der Waals surface area (Å²) in [7, 11) is 0. The zero-order chi connectivity index (χ0) is 12.3. The minimum Gasteiger partial charge on any atom is -0.443 e. The van der Waals surface area contributed by atoms with E-state index in [-0.39, 0.29) is 12.5 Å². The van der Waals surface area contributed by atoms with Crippen molar-refractivity contribution in [1.29, 1.82) is 0 Å². The fourth-order valence-corrected chi connectivity index (χ4v) is 1.34. The predicted molar refractivity (Wildman–Crippen MR) is 61.5 cm³/mol. The minimum atomic E-state index is -0.500. The van der Waals surface area contributed by atoms with Crippen molar-refractivity contribution in [3.05, 3.63) is 24.0 Å². The van der Waals surface area contributed by atoms with Crippen molar-refractivity contribution in [1.82, 2.24) is 4.90 Å². The van der Waals surface area contributed by atoms with E-state index in [4.69, 9.17) is 9.84 Å². The molecule has 0 saturated heterocycles. The number of carbonyl (C=O) groups excluding carboxylic acids is 1. The summed E-state index contributed by atoms with van der Waals surface area (Å²) in [5.41, 5.74) is 0.441. The topological polar surface area (TPSA) is 49.8 Å². The second-order valence-corrected chi connectivity index (χ2v) is 4.89. The molecule has 0 saturated carbocycles. The summed E-state index contributed by atoms with van der Waals surface area (Å²) in [6.07, 6.45) is 4.70. The number of hydrogen-bond acceptors (Lipinski definition) is 3. The van der Waals surface area contributed by atoms with Crippen LogP contribution < -0.4 is 0 Å². The lowest BCUT2D eigenvalue weighted by molar-refractivity contribution is 0.0393. The number of aliphatic hydroxyl groups excluding tert-OH is 1. The van der Waals surface area contributed by atoms with E-state index in [1.54, 1.807) is 18.5 Å². The summed E-state index contributed by atoms with van der Waals surface area (Å²) < 4.78 is 5.22. The molecule has 1 aliphatic rings. The van der Waals surface area contributed by atoms with Crippen LogP contribution in [0.5, 0.6) is 0 Å². The Labute approximate surface area is 96.2 Å². The van der Waals surface area contributed by atoms with Crippen LogP contribution in [0.1, 0.15) is 27.7 Å². The SMILES string of the molecule is CC1=CN(C(=O)OC(C)(C)C)C=CC1CO. The zero-order valence-corrected chi connectivity index (χ0v) is 10.2. The Morgan fingerprint density at radius 1 is 1.56 bits per heavy atom. The highest BCUT2D eigenvalue weighted by molar-refractivity contribution is 5.71. The lowest BCUT2D eigenvalue weighted by atomic mass is 10.0. The number of carbonyl (C=O) groups is 1. The summed E-state index contributed by atoms with van der Waals surface area (Å²) in [5.74, 6) is -0.00122. The van der Waals surface area contributed by atoms with Crippen molar-refractivity contribution >= 4 is 6.09 Å². The van der Waals surface area contributed by atoms with Gasteiger partial charge in [0.25, 0.3) is 0 Å². The van der Waals surface area contributed by atoms with Gasteiger partial charge in [-0.2, -0.15) is 0 Å². The third-order valence-electron chi connectivity index (χ3n) is 2.21. The molecule has 1 heterocycles. The number of rotatable bonds is 1. The summed E-state index contributed by atoms with van der Waals surface area (Å²) in [4.78, 5) is 13.1. The lowest BCUT2D eigenvalue weighted by Crippen LogP contribution is -2.32. The number of amides is 1. The van der Waals surface area contributed by atoms with Crippen LogP contribution in [0.2, 0.25) is 0 Å². The first-order chi connectivity index (χ1) is 7.33. The molecule has 0 aliphatic carbocycles. The molecule has 0 bridgehead atoms. The molecule has 16 heavy (non-hydrogen) atoms. The van der Waals surface area contributed by atoms with Gasteiger partial charge in [0, 0.05) is 18.3 Å². The Bertz CT molecular complexity index is 326. The van der Waals surface area contributed by atoms with Crippen LogP contribution in [0, 0.1) is 5.92 Å². The Hall–Kier alpha value is -1.29. The number of aliphatic hydroxyl groups is 1. The molecule has 0 aromatic heterocycles. The van der Waals surface area contributed by atoms with Crippen LogP contribution in [-0.2, 0) is 4.74 Å². The van der Waals surface area contributed by atoms with Gasteiger partial charge in [-0.1, -0.05) is 6.08 Å². The molecule has 4 nitrogen and oxygen atoms in total. The Kier molecular flexibility index (Phi) is 3.75. The van der Waals surface area contributed by atoms with Crippen molar-refractivity contribution in [3.8, 4) is 0 Å². The first-order valence-electron chi connectivity index (χ1n) is 5.32. The van der Waals surface area contributed by atoms with Gasteiger partial charge >= 0.3 is 6.09 Å². The maximum absolute atomic E-state index is 11.7. The highest BCUT2D eigenvalue weighted by Gasteiger charge is 2.22. The molecular weight excluding hydrogens is 206 g/mol. The molecule has 90 valence electrons. The number of hydrogen-bond donors (Lipinski definition) is 1. The van der Waals surface area contributed by atoms with E-state index in [9.17, 15) is 4.79 Å². The maximum atomic E-state index is 11.7. The van der Waals surface area contributed by atoms with Gasteiger partial charge < -0.3 is 9.84 Å². The predicted octanol–water partition coefficient (Wildman–Crippen LogP) is 2.26. The quantitative estimate of drug-likeness (QED) is 0.744. The van der Waals surface area contributed by atoms with Crippen molar-refractivity contribution in [2.75, 3.05) is 6.61 Å². The van der Waals surface area contributed by atoms with E-state index in [2.05, 4.69) is 0 Å². The Morgan fingerprint density at radius 2 is 2.19 bits per heavy atom. The molecular formula is C12H19NO3. The summed E-state index contributed by atoms with van der Waals surface area (Å²) in [6.45, 7) is 7.41. The van der Waals surface area contributed by atoms with Crippen LogP contribution in [-0.4, -0.2) is 28.3 Å². The van der Waals surface area contributed by atoms with Crippen molar-refractivity contribution < 1.29 is 14.6 Å². The smallest absolute Gasteiger partial charge is 0.418 e. The third kappa shape index (κ3) is 3.38. The van der Waals surface area contributed by atoms with E-state index in [0.29, 0.717) is 0 Å². The molecule has 0 spiro atoms.